The van der Waals surface area contributed by atoms with E-state index >= 15 is 0 Å². The van der Waals surface area contributed by atoms with Gasteiger partial charge >= 0.3 is 0 Å². The molecule has 5 heteroatoms. The summed E-state index contributed by atoms with van der Waals surface area (Å²) < 4.78 is 5.14. The van der Waals surface area contributed by atoms with Gasteiger partial charge in [0.1, 0.15) is 11.2 Å². The fourth-order valence-electron chi connectivity index (χ4n) is 1.76. The Hall–Kier alpha value is -2.35. The number of carbonyl (C=O) groups excluding carboxylic acids is 1. The second-order valence-corrected chi connectivity index (χ2v) is 4.65. The molecule has 0 bridgehead atoms. The number of aromatic nitrogens is 1. The molecule has 0 radical (unpaired) electrons. The predicted molar refractivity (Wildman–Crippen MR) is 70.2 cm³/mol. The topological polar surface area (TPSA) is 78.9 Å². The molecule has 0 aliphatic heterocycles. The minimum Gasteiger partial charge on any atom is -0.356 e. The van der Waals surface area contributed by atoms with E-state index in [-0.39, 0.29) is 12.3 Å². The number of nitrogens with zero attached hydrogens (tertiary/aromatic N) is 2. The Kier molecular flexibility index (Phi) is 3.52. The summed E-state index contributed by atoms with van der Waals surface area (Å²) in [4.78, 5) is 11.9. The highest BCUT2D eigenvalue weighted by Gasteiger charge is 2.24. The third-order valence-corrected chi connectivity index (χ3v) is 3.15. The molecule has 98 valence electrons. The largest absolute Gasteiger partial charge is 0.356 e. The molecule has 0 aliphatic carbocycles. The molecule has 1 heterocycles. The van der Waals surface area contributed by atoms with Gasteiger partial charge in [-0.1, -0.05) is 24.2 Å². The molecule has 1 aromatic carbocycles. The van der Waals surface area contributed by atoms with Crippen LogP contribution in [-0.2, 0) is 11.2 Å². The van der Waals surface area contributed by atoms with Crippen LogP contribution in [-0.4, -0.2) is 16.6 Å². The number of carbonyl (C=O) groups is 1. The molecule has 1 amide bonds. The van der Waals surface area contributed by atoms with Gasteiger partial charge in [0.05, 0.1) is 12.5 Å². The van der Waals surface area contributed by atoms with Crippen LogP contribution in [0.2, 0.25) is 0 Å². The van der Waals surface area contributed by atoms with Gasteiger partial charge in [0.25, 0.3) is 0 Å². The van der Waals surface area contributed by atoms with Crippen molar-refractivity contribution < 1.29 is 9.32 Å². The van der Waals surface area contributed by atoms with E-state index in [1.165, 1.54) is 0 Å². The van der Waals surface area contributed by atoms with Crippen molar-refractivity contribution in [2.45, 2.75) is 32.2 Å². The summed E-state index contributed by atoms with van der Waals surface area (Å²) in [6.07, 6.45) is 0.656. The molecule has 0 saturated carbocycles. The Balaban J connectivity index is 2.14. The molecule has 1 aromatic heterocycles. The SMILES string of the molecule is CC[C@@](C)(C#N)NC(=O)Cc1noc2ccccc12. The lowest BCUT2D eigenvalue weighted by Gasteiger charge is -2.20. The van der Waals surface area contributed by atoms with Gasteiger partial charge in [-0.25, -0.2) is 0 Å². The minimum absolute atomic E-state index is 0.105. The molecule has 1 N–H and O–H groups in total. The zero-order valence-corrected chi connectivity index (χ0v) is 10.9. The minimum atomic E-state index is -0.837. The summed E-state index contributed by atoms with van der Waals surface area (Å²) in [6.45, 7) is 3.56. The highest BCUT2D eigenvalue weighted by molar-refractivity contribution is 5.86. The number of hydrogen-bond donors (Lipinski definition) is 1. The Morgan fingerprint density at radius 2 is 2.26 bits per heavy atom. The molecule has 5 nitrogen and oxygen atoms in total. The van der Waals surface area contributed by atoms with E-state index in [1.54, 1.807) is 13.0 Å². The molecule has 2 rings (SSSR count). The first kappa shape index (κ1) is 13.1. The molecule has 19 heavy (non-hydrogen) atoms. The lowest BCUT2D eigenvalue weighted by molar-refractivity contribution is -0.121. The second kappa shape index (κ2) is 5.11. The smallest absolute Gasteiger partial charge is 0.227 e. The molecule has 0 spiro atoms. The van der Waals surface area contributed by atoms with Crippen molar-refractivity contribution in [3.63, 3.8) is 0 Å². The number of nitrogens with one attached hydrogen (secondary N) is 1. The van der Waals surface area contributed by atoms with Crippen LogP contribution in [0.15, 0.2) is 28.8 Å². The van der Waals surface area contributed by atoms with E-state index in [2.05, 4.69) is 16.5 Å². The maximum atomic E-state index is 11.9. The molecule has 0 fully saturated rings. The molecule has 0 aliphatic rings. The van der Waals surface area contributed by atoms with Crippen LogP contribution in [0.4, 0.5) is 0 Å². The average Bonchev–Trinajstić information content (AvgIpc) is 2.82. The van der Waals surface area contributed by atoms with E-state index in [9.17, 15) is 4.79 Å². The van der Waals surface area contributed by atoms with Crippen molar-refractivity contribution in [1.29, 1.82) is 5.26 Å². The summed E-state index contributed by atoms with van der Waals surface area (Å²) >= 11 is 0. The van der Waals surface area contributed by atoms with Crippen molar-refractivity contribution in [2.24, 2.45) is 0 Å². The molecular weight excluding hydrogens is 242 g/mol. The maximum absolute atomic E-state index is 11.9. The van der Waals surface area contributed by atoms with Gasteiger partial charge in [0, 0.05) is 5.39 Å². The van der Waals surface area contributed by atoms with Crippen LogP contribution in [0, 0.1) is 11.3 Å². The molecule has 1 atom stereocenters. The van der Waals surface area contributed by atoms with Crippen molar-refractivity contribution >= 4 is 16.9 Å². The zero-order chi connectivity index (χ0) is 13.9. The lowest BCUT2D eigenvalue weighted by Crippen LogP contribution is -2.45. The lowest BCUT2D eigenvalue weighted by atomic mass is 10.0. The third kappa shape index (κ3) is 2.74. The number of benzene rings is 1. The first-order valence-electron chi connectivity index (χ1n) is 6.13. The van der Waals surface area contributed by atoms with Crippen LogP contribution in [0.3, 0.4) is 0 Å². The first-order chi connectivity index (χ1) is 9.08. The summed E-state index contributed by atoms with van der Waals surface area (Å²) in [5, 5.41) is 16.5. The quantitative estimate of drug-likeness (QED) is 0.910. The summed E-state index contributed by atoms with van der Waals surface area (Å²) in [7, 11) is 0. The van der Waals surface area contributed by atoms with Crippen LogP contribution in [0.25, 0.3) is 11.0 Å². The summed E-state index contributed by atoms with van der Waals surface area (Å²) in [5.74, 6) is -0.232. The zero-order valence-electron chi connectivity index (χ0n) is 10.9. The number of amides is 1. The standard InChI is InChI=1S/C14H15N3O2/c1-3-14(2,9-15)16-13(18)8-11-10-6-4-5-7-12(10)19-17-11/h4-7H,3,8H2,1-2H3,(H,16,18)/t14-/m0/s1. The Morgan fingerprint density at radius 1 is 1.53 bits per heavy atom. The van der Waals surface area contributed by atoms with Gasteiger partial charge in [-0.2, -0.15) is 5.26 Å². The van der Waals surface area contributed by atoms with Crippen molar-refractivity contribution in [1.82, 2.24) is 10.5 Å². The number of para-hydroxylation sites is 1. The van der Waals surface area contributed by atoms with E-state index in [4.69, 9.17) is 9.78 Å². The Bertz CT molecular complexity index is 641. The Labute approximate surface area is 111 Å². The fraction of sp³-hybridized carbons (Fsp3) is 0.357. The van der Waals surface area contributed by atoms with Crippen molar-refractivity contribution in [2.75, 3.05) is 0 Å². The molecular formula is C14H15N3O2. The van der Waals surface area contributed by atoms with Gasteiger partial charge in [0.2, 0.25) is 5.91 Å². The number of nitriles is 1. The van der Waals surface area contributed by atoms with Crippen LogP contribution in [0.5, 0.6) is 0 Å². The molecule has 0 saturated heterocycles. The normalized spacial score (nSPS) is 13.7. The van der Waals surface area contributed by atoms with Crippen LogP contribution >= 0.6 is 0 Å². The van der Waals surface area contributed by atoms with Gasteiger partial charge < -0.3 is 9.84 Å². The average molecular weight is 257 g/mol. The highest BCUT2D eigenvalue weighted by atomic mass is 16.5. The fourth-order valence-corrected chi connectivity index (χ4v) is 1.76. The van der Waals surface area contributed by atoms with Gasteiger partial charge in [-0.3, -0.25) is 4.79 Å². The number of fused-ring (bicyclic) bond motifs is 1. The Morgan fingerprint density at radius 3 is 2.95 bits per heavy atom. The summed E-state index contributed by atoms with van der Waals surface area (Å²) in [6, 6.07) is 9.48. The monoisotopic (exact) mass is 257 g/mol. The number of rotatable bonds is 4. The molecule has 0 unspecified atom stereocenters. The van der Waals surface area contributed by atoms with Gasteiger partial charge in [-0.05, 0) is 25.5 Å². The van der Waals surface area contributed by atoms with Gasteiger partial charge in [-0.15, -0.1) is 0 Å². The van der Waals surface area contributed by atoms with E-state index in [1.807, 2.05) is 25.1 Å². The van der Waals surface area contributed by atoms with Gasteiger partial charge in [0.15, 0.2) is 5.58 Å². The van der Waals surface area contributed by atoms with E-state index in [0.717, 1.165) is 5.39 Å². The first-order valence-corrected chi connectivity index (χ1v) is 6.13. The maximum Gasteiger partial charge on any atom is 0.227 e. The number of hydrogen-bond acceptors (Lipinski definition) is 4. The van der Waals surface area contributed by atoms with E-state index in [0.29, 0.717) is 17.7 Å². The second-order valence-electron chi connectivity index (χ2n) is 4.65. The van der Waals surface area contributed by atoms with E-state index < -0.39 is 5.54 Å². The highest BCUT2D eigenvalue weighted by Crippen LogP contribution is 2.18. The van der Waals surface area contributed by atoms with Crippen LogP contribution < -0.4 is 5.32 Å². The third-order valence-electron chi connectivity index (χ3n) is 3.15. The van der Waals surface area contributed by atoms with Crippen molar-refractivity contribution in [3.8, 4) is 6.07 Å². The summed E-state index contributed by atoms with van der Waals surface area (Å²) in [5.41, 5.74) is 0.407. The predicted octanol–water partition coefficient (Wildman–Crippen LogP) is 2.18. The molecule has 2 aromatic rings. The van der Waals surface area contributed by atoms with Crippen LogP contribution in [0.1, 0.15) is 26.0 Å². The van der Waals surface area contributed by atoms with Crippen molar-refractivity contribution in [3.05, 3.63) is 30.0 Å².